The SMILES string of the molecule is O=C(NCCOc1ccccc1)c1ccc2[nH]nc(-c3cc4ccccc4o3)c2c1. The van der Waals surface area contributed by atoms with Crippen LogP contribution in [0.4, 0.5) is 0 Å². The number of aromatic amines is 1. The second kappa shape index (κ2) is 7.75. The van der Waals surface area contributed by atoms with Crippen LogP contribution in [0.1, 0.15) is 10.4 Å². The monoisotopic (exact) mass is 397 g/mol. The molecule has 0 unspecified atom stereocenters. The molecule has 2 aromatic heterocycles. The van der Waals surface area contributed by atoms with Gasteiger partial charge in [0.2, 0.25) is 0 Å². The molecule has 6 heteroatoms. The van der Waals surface area contributed by atoms with Crippen molar-refractivity contribution in [1.29, 1.82) is 0 Å². The van der Waals surface area contributed by atoms with Gasteiger partial charge in [-0.3, -0.25) is 9.89 Å². The molecule has 3 aromatic carbocycles. The third kappa shape index (κ3) is 3.51. The fourth-order valence-electron chi connectivity index (χ4n) is 3.39. The lowest BCUT2D eigenvalue weighted by molar-refractivity contribution is 0.0947. The number of benzene rings is 3. The lowest BCUT2D eigenvalue weighted by Crippen LogP contribution is -2.28. The number of hydrogen-bond acceptors (Lipinski definition) is 4. The number of para-hydroxylation sites is 2. The Morgan fingerprint density at radius 1 is 1.00 bits per heavy atom. The van der Waals surface area contributed by atoms with Gasteiger partial charge in [-0.1, -0.05) is 36.4 Å². The van der Waals surface area contributed by atoms with E-state index in [1.165, 1.54) is 0 Å². The summed E-state index contributed by atoms with van der Waals surface area (Å²) in [4.78, 5) is 12.6. The number of carbonyl (C=O) groups excluding carboxylic acids is 1. The number of carbonyl (C=O) groups is 1. The molecule has 0 fully saturated rings. The zero-order chi connectivity index (χ0) is 20.3. The number of aromatic nitrogens is 2. The molecule has 30 heavy (non-hydrogen) atoms. The molecule has 6 nitrogen and oxygen atoms in total. The molecule has 5 rings (SSSR count). The van der Waals surface area contributed by atoms with Crippen LogP contribution in [0.25, 0.3) is 33.3 Å². The van der Waals surface area contributed by atoms with Gasteiger partial charge in [-0.25, -0.2) is 0 Å². The van der Waals surface area contributed by atoms with Crippen molar-refractivity contribution < 1.29 is 13.9 Å². The Labute approximate surface area is 172 Å². The summed E-state index contributed by atoms with van der Waals surface area (Å²) in [6.07, 6.45) is 0. The Balaban J connectivity index is 1.33. The Morgan fingerprint density at radius 2 is 1.83 bits per heavy atom. The van der Waals surface area contributed by atoms with Gasteiger partial charge in [0.05, 0.1) is 12.1 Å². The van der Waals surface area contributed by atoms with E-state index in [0.717, 1.165) is 27.6 Å². The van der Waals surface area contributed by atoms with Crippen LogP contribution in [0.15, 0.2) is 83.3 Å². The molecular weight excluding hydrogens is 378 g/mol. The van der Waals surface area contributed by atoms with Crippen molar-refractivity contribution in [3.63, 3.8) is 0 Å². The second-order valence-electron chi connectivity index (χ2n) is 6.90. The van der Waals surface area contributed by atoms with Gasteiger partial charge in [-0.05, 0) is 42.5 Å². The van der Waals surface area contributed by atoms with Gasteiger partial charge in [-0.15, -0.1) is 0 Å². The highest BCUT2D eigenvalue weighted by atomic mass is 16.5. The third-order valence-corrected chi connectivity index (χ3v) is 4.88. The second-order valence-corrected chi connectivity index (χ2v) is 6.90. The summed E-state index contributed by atoms with van der Waals surface area (Å²) in [5.74, 6) is 1.28. The van der Waals surface area contributed by atoms with Gasteiger partial charge in [0.1, 0.15) is 23.6 Å². The minimum absolute atomic E-state index is 0.162. The summed E-state index contributed by atoms with van der Waals surface area (Å²) >= 11 is 0. The molecule has 0 bridgehead atoms. The molecule has 0 aliphatic heterocycles. The van der Waals surface area contributed by atoms with E-state index in [1.54, 1.807) is 6.07 Å². The Kier molecular flexibility index (Phi) is 4.65. The number of nitrogens with one attached hydrogen (secondary N) is 2. The average Bonchev–Trinajstić information content (AvgIpc) is 3.40. The van der Waals surface area contributed by atoms with E-state index >= 15 is 0 Å². The number of ether oxygens (including phenoxy) is 1. The van der Waals surface area contributed by atoms with Crippen molar-refractivity contribution in [3.05, 3.63) is 84.4 Å². The molecule has 0 saturated carbocycles. The van der Waals surface area contributed by atoms with Crippen LogP contribution in [0.2, 0.25) is 0 Å². The van der Waals surface area contributed by atoms with Gasteiger partial charge in [0.15, 0.2) is 5.76 Å². The average molecular weight is 397 g/mol. The largest absolute Gasteiger partial charge is 0.492 e. The first-order valence-corrected chi connectivity index (χ1v) is 9.71. The number of nitrogens with zero attached hydrogens (tertiary/aromatic N) is 1. The third-order valence-electron chi connectivity index (χ3n) is 4.88. The Morgan fingerprint density at radius 3 is 2.70 bits per heavy atom. The summed E-state index contributed by atoms with van der Waals surface area (Å²) in [7, 11) is 0. The van der Waals surface area contributed by atoms with E-state index in [0.29, 0.717) is 30.2 Å². The molecule has 1 amide bonds. The van der Waals surface area contributed by atoms with Gasteiger partial charge < -0.3 is 14.5 Å². The van der Waals surface area contributed by atoms with E-state index < -0.39 is 0 Å². The van der Waals surface area contributed by atoms with Crippen LogP contribution >= 0.6 is 0 Å². The summed E-state index contributed by atoms with van der Waals surface area (Å²) in [5, 5.41) is 12.1. The molecule has 5 aromatic rings. The van der Waals surface area contributed by atoms with Crippen LogP contribution in [0.5, 0.6) is 5.75 Å². The first-order chi connectivity index (χ1) is 14.8. The molecule has 0 aliphatic carbocycles. The van der Waals surface area contributed by atoms with Gasteiger partial charge in [0.25, 0.3) is 5.91 Å². The van der Waals surface area contributed by atoms with Gasteiger partial charge in [-0.2, -0.15) is 5.10 Å². The fraction of sp³-hybridized carbons (Fsp3) is 0.0833. The summed E-state index contributed by atoms with van der Waals surface area (Å²) in [6.45, 7) is 0.807. The molecule has 0 saturated heterocycles. The maximum absolute atomic E-state index is 12.6. The summed E-state index contributed by atoms with van der Waals surface area (Å²) in [6, 6.07) is 24.7. The van der Waals surface area contributed by atoms with E-state index in [4.69, 9.17) is 9.15 Å². The maximum atomic E-state index is 12.6. The Bertz CT molecular complexity index is 1290. The summed E-state index contributed by atoms with van der Waals surface area (Å²) in [5.41, 5.74) is 2.88. The number of furan rings is 1. The quantitative estimate of drug-likeness (QED) is 0.404. The molecule has 0 spiro atoms. The molecular formula is C24H19N3O3. The molecule has 2 heterocycles. The normalized spacial score (nSPS) is 11.1. The lowest BCUT2D eigenvalue weighted by Gasteiger charge is -2.08. The van der Waals surface area contributed by atoms with Gasteiger partial charge >= 0.3 is 0 Å². The molecule has 0 atom stereocenters. The van der Waals surface area contributed by atoms with E-state index in [9.17, 15) is 4.79 Å². The van der Waals surface area contributed by atoms with Crippen molar-refractivity contribution in [2.24, 2.45) is 0 Å². The zero-order valence-corrected chi connectivity index (χ0v) is 16.1. The van der Waals surface area contributed by atoms with Crippen LogP contribution in [-0.2, 0) is 0 Å². The maximum Gasteiger partial charge on any atom is 0.251 e. The van der Waals surface area contributed by atoms with Crippen molar-refractivity contribution in [3.8, 4) is 17.2 Å². The highest BCUT2D eigenvalue weighted by molar-refractivity contribution is 6.01. The Hall–Kier alpha value is -4.06. The molecule has 2 N–H and O–H groups in total. The topological polar surface area (TPSA) is 80.1 Å². The molecule has 148 valence electrons. The fourth-order valence-corrected chi connectivity index (χ4v) is 3.39. The standard InChI is InChI=1S/C24H19N3O3/c28-24(25-12-13-29-18-7-2-1-3-8-18)17-10-11-20-19(14-17)23(27-26-20)22-15-16-6-4-5-9-21(16)30-22/h1-11,14-15H,12-13H2,(H,25,28)(H,26,27). The minimum Gasteiger partial charge on any atom is -0.492 e. The molecule has 0 aliphatic rings. The van der Waals surface area contributed by atoms with E-state index in [-0.39, 0.29) is 5.91 Å². The van der Waals surface area contributed by atoms with E-state index in [1.807, 2.05) is 72.8 Å². The number of fused-ring (bicyclic) bond motifs is 2. The van der Waals surface area contributed by atoms with Crippen LogP contribution in [0.3, 0.4) is 0 Å². The number of rotatable bonds is 6. The smallest absolute Gasteiger partial charge is 0.251 e. The summed E-state index contributed by atoms with van der Waals surface area (Å²) < 4.78 is 11.6. The minimum atomic E-state index is -0.162. The number of H-pyrrole nitrogens is 1. The zero-order valence-electron chi connectivity index (χ0n) is 16.1. The van der Waals surface area contributed by atoms with Crippen molar-refractivity contribution >= 4 is 27.8 Å². The van der Waals surface area contributed by atoms with E-state index in [2.05, 4.69) is 15.5 Å². The highest BCUT2D eigenvalue weighted by Gasteiger charge is 2.15. The van der Waals surface area contributed by atoms with Crippen LogP contribution in [0, 0.1) is 0 Å². The van der Waals surface area contributed by atoms with Crippen LogP contribution < -0.4 is 10.1 Å². The lowest BCUT2D eigenvalue weighted by atomic mass is 10.1. The first-order valence-electron chi connectivity index (χ1n) is 9.71. The van der Waals surface area contributed by atoms with Crippen molar-refractivity contribution in [1.82, 2.24) is 15.5 Å². The van der Waals surface area contributed by atoms with Crippen LogP contribution in [-0.4, -0.2) is 29.3 Å². The van der Waals surface area contributed by atoms with Crippen molar-refractivity contribution in [2.45, 2.75) is 0 Å². The van der Waals surface area contributed by atoms with Gasteiger partial charge in [0, 0.05) is 16.3 Å². The van der Waals surface area contributed by atoms with Crippen molar-refractivity contribution in [2.75, 3.05) is 13.2 Å². The molecule has 0 radical (unpaired) electrons. The predicted octanol–water partition coefficient (Wildman–Crippen LogP) is 4.78. The predicted molar refractivity (Wildman–Crippen MR) is 116 cm³/mol. The number of hydrogen-bond donors (Lipinski definition) is 2. The highest BCUT2D eigenvalue weighted by Crippen LogP contribution is 2.31. The number of amides is 1. The first kappa shape index (κ1) is 18.0.